The molecule has 4 heterocycles. The van der Waals surface area contributed by atoms with Crippen LogP contribution in [0.2, 0.25) is 0 Å². The number of piperazine rings is 1. The van der Waals surface area contributed by atoms with Crippen LogP contribution in [-0.4, -0.2) is 83.3 Å². The first-order valence-electron chi connectivity index (χ1n) is 11.1. The summed E-state index contributed by atoms with van der Waals surface area (Å²) in [4.78, 5) is 19.4. The zero-order chi connectivity index (χ0) is 22.8. The summed E-state index contributed by atoms with van der Waals surface area (Å²) in [5.41, 5.74) is 2.98. The zero-order valence-corrected chi connectivity index (χ0v) is 18.5. The molecule has 0 bridgehead atoms. The smallest absolute Gasteiger partial charge is 0.272 e. The van der Waals surface area contributed by atoms with Crippen LogP contribution >= 0.6 is 0 Å². The molecule has 172 valence electrons. The third-order valence-corrected chi connectivity index (χ3v) is 6.13. The lowest BCUT2D eigenvalue weighted by Gasteiger charge is -2.35. The van der Waals surface area contributed by atoms with Gasteiger partial charge >= 0.3 is 0 Å². The Morgan fingerprint density at radius 1 is 0.970 bits per heavy atom. The van der Waals surface area contributed by atoms with Gasteiger partial charge in [0.1, 0.15) is 11.5 Å². The first-order chi connectivity index (χ1) is 16.1. The fraction of sp³-hybridized carbons (Fsp3) is 0.391. The highest BCUT2D eigenvalue weighted by Crippen LogP contribution is 2.23. The Kier molecular flexibility index (Phi) is 5.91. The number of ether oxygens (including phenoxy) is 1. The standard InChI is InChI=1S/C23H26FN7O2/c1-28-21(15-20(27-28)17-2-4-18(24)5-3-17)23(32)31-8-6-30(7-9-31)22-14-19(16-25-26-22)29-10-12-33-13-11-29/h2-5,14-16H,6-13H2,1H3. The number of anilines is 2. The molecule has 2 saturated heterocycles. The molecule has 3 aromatic rings. The first-order valence-corrected chi connectivity index (χ1v) is 11.1. The number of hydrogen-bond donors (Lipinski definition) is 0. The highest BCUT2D eigenvalue weighted by Gasteiger charge is 2.26. The number of halogens is 1. The SMILES string of the molecule is Cn1nc(-c2ccc(F)cc2)cc1C(=O)N1CCN(c2cc(N3CCOCC3)cnn2)CC1. The summed E-state index contributed by atoms with van der Waals surface area (Å²) in [6.07, 6.45) is 1.79. The van der Waals surface area contributed by atoms with Gasteiger partial charge in [0.25, 0.3) is 5.91 Å². The van der Waals surface area contributed by atoms with Gasteiger partial charge < -0.3 is 19.4 Å². The number of benzene rings is 1. The normalized spacial score (nSPS) is 16.8. The molecule has 0 unspecified atom stereocenters. The van der Waals surface area contributed by atoms with E-state index in [-0.39, 0.29) is 11.7 Å². The van der Waals surface area contributed by atoms with Crippen LogP contribution in [0.1, 0.15) is 10.5 Å². The lowest BCUT2D eigenvalue weighted by atomic mass is 10.1. The maximum absolute atomic E-state index is 13.2. The molecule has 1 amide bonds. The van der Waals surface area contributed by atoms with Crippen LogP contribution in [0.4, 0.5) is 15.9 Å². The number of rotatable bonds is 4. The van der Waals surface area contributed by atoms with Gasteiger partial charge in [-0.1, -0.05) is 0 Å². The molecule has 0 N–H and O–H groups in total. The van der Waals surface area contributed by atoms with Gasteiger partial charge in [0, 0.05) is 57.9 Å². The van der Waals surface area contributed by atoms with Gasteiger partial charge in [-0.2, -0.15) is 10.2 Å². The van der Waals surface area contributed by atoms with Crippen molar-refractivity contribution >= 4 is 17.4 Å². The van der Waals surface area contributed by atoms with Crippen molar-refractivity contribution in [3.8, 4) is 11.3 Å². The van der Waals surface area contributed by atoms with Crippen LogP contribution in [-0.2, 0) is 11.8 Å². The van der Waals surface area contributed by atoms with E-state index in [0.29, 0.717) is 37.6 Å². The molecular weight excluding hydrogens is 425 g/mol. The topological polar surface area (TPSA) is 79.6 Å². The third kappa shape index (κ3) is 4.51. The van der Waals surface area contributed by atoms with Crippen LogP contribution < -0.4 is 9.80 Å². The first kappa shape index (κ1) is 21.3. The van der Waals surface area contributed by atoms with E-state index in [1.165, 1.54) is 12.1 Å². The van der Waals surface area contributed by atoms with Crippen molar-refractivity contribution < 1.29 is 13.9 Å². The molecule has 9 nitrogen and oxygen atoms in total. The van der Waals surface area contributed by atoms with Crippen LogP contribution in [0.15, 0.2) is 42.6 Å². The molecule has 33 heavy (non-hydrogen) atoms. The van der Waals surface area contributed by atoms with Gasteiger partial charge in [-0.15, -0.1) is 5.10 Å². The number of nitrogens with zero attached hydrogens (tertiary/aromatic N) is 7. The Hall–Kier alpha value is -3.53. The second-order valence-electron chi connectivity index (χ2n) is 8.20. The lowest BCUT2D eigenvalue weighted by molar-refractivity contribution is 0.0735. The molecule has 0 aliphatic carbocycles. The van der Waals surface area contributed by atoms with Crippen molar-refractivity contribution in [2.45, 2.75) is 0 Å². The van der Waals surface area contributed by atoms with Crippen LogP contribution in [0, 0.1) is 5.82 Å². The monoisotopic (exact) mass is 451 g/mol. The number of carbonyl (C=O) groups excluding carboxylic acids is 1. The average molecular weight is 452 g/mol. The lowest BCUT2D eigenvalue weighted by Crippen LogP contribution is -2.49. The minimum atomic E-state index is -0.302. The van der Waals surface area contributed by atoms with E-state index in [9.17, 15) is 9.18 Å². The van der Waals surface area contributed by atoms with Gasteiger partial charge in [0.05, 0.1) is 30.8 Å². The predicted octanol–water partition coefficient (Wildman–Crippen LogP) is 1.82. The average Bonchev–Trinajstić information content (AvgIpc) is 3.26. The van der Waals surface area contributed by atoms with Crippen molar-refractivity contribution in [1.82, 2.24) is 24.9 Å². The number of carbonyl (C=O) groups is 1. The van der Waals surface area contributed by atoms with Crippen molar-refractivity contribution in [3.63, 3.8) is 0 Å². The molecule has 0 saturated carbocycles. The van der Waals surface area contributed by atoms with E-state index < -0.39 is 0 Å². The molecule has 0 atom stereocenters. The Morgan fingerprint density at radius 3 is 2.42 bits per heavy atom. The van der Waals surface area contributed by atoms with Crippen molar-refractivity contribution in [2.24, 2.45) is 7.05 Å². The summed E-state index contributed by atoms with van der Waals surface area (Å²) in [7, 11) is 1.75. The van der Waals surface area contributed by atoms with Crippen molar-refractivity contribution in [1.29, 1.82) is 0 Å². The summed E-state index contributed by atoms with van der Waals surface area (Å²) in [6, 6.07) is 9.93. The van der Waals surface area contributed by atoms with E-state index >= 15 is 0 Å². The summed E-state index contributed by atoms with van der Waals surface area (Å²) >= 11 is 0. The minimum Gasteiger partial charge on any atom is -0.378 e. The maximum Gasteiger partial charge on any atom is 0.272 e. The van der Waals surface area contributed by atoms with Crippen LogP contribution in [0.25, 0.3) is 11.3 Å². The fourth-order valence-electron chi connectivity index (χ4n) is 4.22. The van der Waals surface area contributed by atoms with Gasteiger partial charge in [-0.05, 0) is 30.3 Å². The number of aromatic nitrogens is 4. The fourth-order valence-corrected chi connectivity index (χ4v) is 4.22. The Bertz CT molecular complexity index is 1120. The van der Waals surface area contributed by atoms with E-state index in [1.807, 2.05) is 4.90 Å². The van der Waals surface area contributed by atoms with E-state index in [2.05, 4.69) is 31.2 Å². The summed E-state index contributed by atoms with van der Waals surface area (Å²) in [5, 5.41) is 13.0. The molecular formula is C23H26FN7O2. The predicted molar refractivity (Wildman–Crippen MR) is 122 cm³/mol. The molecule has 5 rings (SSSR count). The van der Waals surface area contributed by atoms with Gasteiger partial charge in [-0.25, -0.2) is 4.39 Å². The summed E-state index contributed by atoms with van der Waals surface area (Å²) in [5.74, 6) is 0.459. The highest BCUT2D eigenvalue weighted by atomic mass is 19.1. The van der Waals surface area contributed by atoms with E-state index in [4.69, 9.17) is 4.74 Å². The Morgan fingerprint density at radius 2 is 1.70 bits per heavy atom. The molecule has 10 heteroatoms. The van der Waals surface area contributed by atoms with Crippen LogP contribution in [0.5, 0.6) is 0 Å². The molecule has 2 fully saturated rings. The van der Waals surface area contributed by atoms with Gasteiger partial charge in [0.15, 0.2) is 5.82 Å². The Balaban J connectivity index is 1.24. The second kappa shape index (κ2) is 9.14. The maximum atomic E-state index is 13.2. The molecule has 0 spiro atoms. The highest BCUT2D eigenvalue weighted by molar-refractivity contribution is 5.94. The third-order valence-electron chi connectivity index (χ3n) is 6.13. The minimum absolute atomic E-state index is 0.0637. The number of morpholine rings is 1. The van der Waals surface area contributed by atoms with E-state index in [1.54, 1.807) is 36.1 Å². The molecule has 0 radical (unpaired) electrons. The zero-order valence-electron chi connectivity index (χ0n) is 18.5. The second-order valence-corrected chi connectivity index (χ2v) is 8.20. The molecule has 2 aliphatic rings. The molecule has 1 aromatic carbocycles. The van der Waals surface area contributed by atoms with Crippen molar-refractivity contribution in [2.75, 3.05) is 62.3 Å². The quantitative estimate of drug-likeness (QED) is 0.599. The van der Waals surface area contributed by atoms with Crippen LogP contribution in [0.3, 0.4) is 0 Å². The number of aryl methyl sites for hydroxylation is 1. The molecule has 2 aliphatic heterocycles. The van der Waals surface area contributed by atoms with Crippen molar-refractivity contribution in [3.05, 3.63) is 54.1 Å². The Labute approximate surface area is 191 Å². The number of amides is 1. The largest absolute Gasteiger partial charge is 0.378 e. The summed E-state index contributed by atoms with van der Waals surface area (Å²) in [6.45, 7) is 5.64. The summed E-state index contributed by atoms with van der Waals surface area (Å²) < 4.78 is 20.2. The molecule has 2 aromatic heterocycles. The van der Waals surface area contributed by atoms with Gasteiger partial charge in [0.2, 0.25) is 0 Å². The van der Waals surface area contributed by atoms with Gasteiger partial charge in [-0.3, -0.25) is 9.48 Å². The van der Waals surface area contributed by atoms with E-state index in [0.717, 1.165) is 43.4 Å². The number of hydrogen-bond acceptors (Lipinski definition) is 7.